The number of nitrogens with zero attached hydrogens (tertiary/aromatic N) is 1. The van der Waals surface area contributed by atoms with Gasteiger partial charge in [0.1, 0.15) is 0 Å². The Morgan fingerprint density at radius 1 is 0.246 bits per heavy atom. The van der Waals surface area contributed by atoms with E-state index in [-0.39, 0.29) is 0 Å². The number of benzene rings is 10. The van der Waals surface area contributed by atoms with Crippen LogP contribution in [0.5, 0.6) is 0 Å². The van der Waals surface area contributed by atoms with E-state index < -0.39 is 0 Å². The van der Waals surface area contributed by atoms with Crippen molar-refractivity contribution in [3.63, 3.8) is 0 Å². The van der Waals surface area contributed by atoms with E-state index in [0.29, 0.717) is 0 Å². The van der Waals surface area contributed by atoms with E-state index in [1.165, 1.54) is 71.6 Å². The molecule has 0 N–H and O–H groups in total. The summed E-state index contributed by atoms with van der Waals surface area (Å²) in [5.41, 5.74) is 15.2. The van der Waals surface area contributed by atoms with Crippen LogP contribution >= 0.6 is 0 Å². The Labute approximate surface area is 334 Å². The molecule has 0 saturated heterocycles. The van der Waals surface area contributed by atoms with Gasteiger partial charge in [-0.2, -0.15) is 0 Å². The highest BCUT2D eigenvalue weighted by molar-refractivity contribution is 6.04. The van der Waals surface area contributed by atoms with Crippen LogP contribution in [0, 0.1) is 0 Å². The Bertz CT molecular complexity index is 2990. The fourth-order valence-corrected chi connectivity index (χ4v) is 8.23. The monoisotopic (exact) mass is 725 g/mol. The van der Waals surface area contributed by atoms with Crippen molar-refractivity contribution in [1.29, 1.82) is 0 Å². The standard InChI is InChI=1S/C56H39N/c1-4-15-40(16-5-1)49-32-36-55(54(39-49)43-20-8-3-9-21-43)57(51-25-14-24-47(38-51)48-28-27-41-17-10-11-23-46(41)37-48)50-33-29-45(30-34-50)56-52-26-13-12-22-44(52)31-35-53(56)42-18-6-2-7-19-42/h1-39H. The molecule has 0 aliphatic carbocycles. The molecule has 0 atom stereocenters. The first-order chi connectivity index (χ1) is 28.3. The van der Waals surface area contributed by atoms with Crippen LogP contribution in [0.1, 0.15) is 0 Å². The van der Waals surface area contributed by atoms with Crippen LogP contribution < -0.4 is 4.90 Å². The van der Waals surface area contributed by atoms with Gasteiger partial charge in [-0.15, -0.1) is 0 Å². The zero-order valence-electron chi connectivity index (χ0n) is 31.5. The summed E-state index contributed by atoms with van der Waals surface area (Å²) in [5, 5.41) is 4.95. The van der Waals surface area contributed by atoms with E-state index in [1.54, 1.807) is 0 Å². The third-order valence-electron chi connectivity index (χ3n) is 11.0. The average molecular weight is 726 g/mol. The van der Waals surface area contributed by atoms with E-state index >= 15 is 0 Å². The SMILES string of the molecule is c1ccc(-c2ccc(N(c3ccc(-c4c(-c5ccccc5)ccc5ccccc45)cc3)c3cccc(-c4ccc5ccccc5c4)c3)c(-c3ccccc3)c2)cc1. The minimum atomic E-state index is 1.08. The summed E-state index contributed by atoms with van der Waals surface area (Å²) in [6, 6.07) is 85.7. The lowest BCUT2D eigenvalue weighted by Gasteiger charge is -2.29. The molecule has 0 spiro atoms. The fourth-order valence-electron chi connectivity index (χ4n) is 8.23. The molecule has 0 radical (unpaired) electrons. The maximum absolute atomic E-state index is 2.42. The van der Waals surface area contributed by atoms with Crippen LogP contribution in [0.25, 0.3) is 77.2 Å². The molecule has 0 saturated carbocycles. The third kappa shape index (κ3) is 6.66. The van der Waals surface area contributed by atoms with E-state index in [2.05, 4.69) is 241 Å². The van der Waals surface area contributed by atoms with Crippen molar-refractivity contribution < 1.29 is 0 Å². The van der Waals surface area contributed by atoms with Crippen LogP contribution in [-0.2, 0) is 0 Å². The summed E-state index contributed by atoms with van der Waals surface area (Å²) in [6.07, 6.45) is 0. The van der Waals surface area contributed by atoms with Crippen molar-refractivity contribution in [3.05, 3.63) is 237 Å². The molecule has 0 heterocycles. The smallest absolute Gasteiger partial charge is 0.0540 e. The second kappa shape index (κ2) is 15.0. The van der Waals surface area contributed by atoms with E-state index in [9.17, 15) is 0 Å². The molecule has 0 aliphatic heterocycles. The molecular formula is C56H39N. The Morgan fingerprint density at radius 2 is 0.772 bits per heavy atom. The van der Waals surface area contributed by atoms with Gasteiger partial charge in [0.2, 0.25) is 0 Å². The van der Waals surface area contributed by atoms with Gasteiger partial charge < -0.3 is 4.90 Å². The number of hydrogen-bond donors (Lipinski definition) is 0. The normalized spacial score (nSPS) is 11.2. The molecule has 1 heteroatoms. The van der Waals surface area contributed by atoms with Crippen molar-refractivity contribution in [2.75, 3.05) is 4.90 Å². The van der Waals surface area contributed by atoms with Gasteiger partial charge in [-0.05, 0) is 114 Å². The number of hydrogen-bond acceptors (Lipinski definition) is 1. The van der Waals surface area contributed by atoms with Crippen molar-refractivity contribution in [3.8, 4) is 55.6 Å². The molecule has 0 fully saturated rings. The van der Waals surface area contributed by atoms with Crippen LogP contribution in [-0.4, -0.2) is 0 Å². The van der Waals surface area contributed by atoms with Crippen molar-refractivity contribution in [2.24, 2.45) is 0 Å². The average Bonchev–Trinajstić information content (AvgIpc) is 3.30. The van der Waals surface area contributed by atoms with E-state index in [1.807, 2.05) is 0 Å². The van der Waals surface area contributed by atoms with Crippen molar-refractivity contribution in [2.45, 2.75) is 0 Å². The molecule has 57 heavy (non-hydrogen) atoms. The zero-order chi connectivity index (χ0) is 38.0. The first kappa shape index (κ1) is 34.0. The minimum Gasteiger partial charge on any atom is -0.310 e. The molecule has 10 aromatic rings. The molecule has 0 bridgehead atoms. The number of anilines is 3. The van der Waals surface area contributed by atoms with Crippen molar-refractivity contribution >= 4 is 38.6 Å². The highest BCUT2D eigenvalue weighted by Gasteiger charge is 2.20. The van der Waals surface area contributed by atoms with Crippen molar-refractivity contribution in [1.82, 2.24) is 0 Å². The summed E-state index contributed by atoms with van der Waals surface area (Å²) in [7, 11) is 0. The summed E-state index contributed by atoms with van der Waals surface area (Å²) >= 11 is 0. The maximum atomic E-state index is 2.42. The molecule has 268 valence electrons. The van der Waals surface area contributed by atoms with E-state index in [4.69, 9.17) is 0 Å². The largest absolute Gasteiger partial charge is 0.310 e. The second-order valence-electron chi connectivity index (χ2n) is 14.5. The summed E-state index contributed by atoms with van der Waals surface area (Å²) in [5.74, 6) is 0. The van der Waals surface area contributed by atoms with Gasteiger partial charge in [0.15, 0.2) is 0 Å². The molecule has 0 aliphatic rings. The quantitative estimate of drug-likeness (QED) is 0.151. The highest BCUT2D eigenvalue weighted by Crippen LogP contribution is 2.45. The Hall–Kier alpha value is -7.48. The highest BCUT2D eigenvalue weighted by atomic mass is 15.1. The Kier molecular flexibility index (Phi) is 8.95. The second-order valence-corrected chi connectivity index (χ2v) is 14.5. The number of fused-ring (bicyclic) bond motifs is 2. The Morgan fingerprint density at radius 3 is 1.51 bits per heavy atom. The van der Waals surface area contributed by atoms with Gasteiger partial charge in [0.05, 0.1) is 5.69 Å². The van der Waals surface area contributed by atoms with Crippen LogP contribution in [0.4, 0.5) is 17.1 Å². The molecule has 0 amide bonds. The van der Waals surface area contributed by atoms with Gasteiger partial charge in [-0.25, -0.2) is 0 Å². The molecule has 10 rings (SSSR count). The molecule has 10 aromatic carbocycles. The predicted molar refractivity (Wildman–Crippen MR) is 243 cm³/mol. The fraction of sp³-hybridized carbons (Fsp3) is 0. The maximum Gasteiger partial charge on any atom is 0.0540 e. The lowest BCUT2D eigenvalue weighted by molar-refractivity contribution is 1.28. The van der Waals surface area contributed by atoms with Crippen LogP contribution in [0.2, 0.25) is 0 Å². The molecule has 1 nitrogen and oxygen atoms in total. The van der Waals surface area contributed by atoms with Gasteiger partial charge in [-0.3, -0.25) is 0 Å². The summed E-state index contributed by atoms with van der Waals surface area (Å²) in [6.45, 7) is 0. The topological polar surface area (TPSA) is 3.24 Å². The zero-order valence-corrected chi connectivity index (χ0v) is 31.5. The third-order valence-corrected chi connectivity index (χ3v) is 11.0. The van der Waals surface area contributed by atoms with Gasteiger partial charge in [-0.1, -0.05) is 194 Å². The van der Waals surface area contributed by atoms with E-state index in [0.717, 1.165) is 22.6 Å². The first-order valence-corrected chi connectivity index (χ1v) is 19.6. The van der Waals surface area contributed by atoms with Crippen LogP contribution in [0.3, 0.4) is 0 Å². The lowest BCUT2D eigenvalue weighted by atomic mass is 9.89. The molecular weight excluding hydrogens is 687 g/mol. The molecule has 0 unspecified atom stereocenters. The Balaban J connectivity index is 1.17. The molecule has 0 aromatic heterocycles. The van der Waals surface area contributed by atoms with Crippen LogP contribution in [0.15, 0.2) is 237 Å². The summed E-state index contributed by atoms with van der Waals surface area (Å²) in [4.78, 5) is 2.42. The van der Waals surface area contributed by atoms with Gasteiger partial charge in [0.25, 0.3) is 0 Å². The van der Waals surface area contributed by atoms with Gasteiger partial charge >= 0.3 is 0 Å². The van der Waals surface area contributed by atoms with Gasteiger partial charge in [0, 0.05) is 16.9 Å². The summed E-state index contributed by atoms with van der Waals surface area (Å²) < 4.78 is 0. The predicted octanol–water partition coefficient (Wildman–Crippen LogP) is 15.8. The minimum absolute atomic E-state index is 1.08. The lowest BCUT2D eigenvalue weighted by Crippen LogP contribution is -2.11. The first-order valence-electron chi connectivity index (χ1n) is 19.6. The number of rotatable bonds is 8.